The number of hydrogen-bond acceptors (Lipinski definition) is 1. The third kappa shape index (κ3) is 6.30. The Bertz CT molecular complexity index is 99.4. The number of aliphatic hydroxyl groups excluding tert-OH is 1. The molecule has 0 aliphatic heterocycles. The van der Waals surface area contributed by atoms with Gasteiger partial charge in [-0.25, -0.2) is 0 Å². The SMILES string of the molecule is CC(=CCCO)CCCBr. The lowest BCUT2D eigenvalue weighted by Gasteiger charge is -1.96. The molecule has 10 heavy (non-hydrogen) atoms. The van der Waals surface area contributed by atoms with Crippen LogP contribution >= 0.6 is 15.9 Å². The van der Waals surface area contributed by atoms with Crippen molar-refractivity contribution in [3.8, 4) is 0 Å². The van der Waals surface area contributed by atoms with Crippen molar-refractivity contribution in [3.05, 3.63) is 11.6 Å². The van der Waals surface area contributed by atoms with E-state index >= 15 is 0 Å². The third-order valence-electron chi connectivity index (χ3n) is 1.33. The van der Waals surface area contributed by atoms with Gasteiger partial charge < -0.3 is 5.11 Å². The van der Waals surface area contributed by atoms with Crippen molar-refractivity contribution in [2.24, 2.45) is 0 Å². The fraction of sp³-hybridized carbons (Fsp3) is 0.750. The van der Waals surface area contributed by atoms with Gasteiger partial charge in [-0.3, -0.25) is 0 Å². The average molecular weight is 207 g/mol. The highest BCUT2D eigenvalue weighted by Crippen LogP contribution is 2.05. The van der Waals surface area contributed by atoms with Gasteiger partial charge in [0.2, 0.25) is 0 Å². The van der Waals surface area contributed by atoms with Crippen LogP contribution in [0.25, 0.3) is 0 Å². The summed E-state index contributed by atoms with van der Waals surface area (Å²) in [6, 6.07) is 0. The van der Waals surface area contributed by atoms with Crippen LogP contribution in [-0.2, 0) is 0 Å². The van der Waals surface area contributed by atoms with Gasteiger partial charge in [0.05, 0.1) is 0 Å². The maximum atomic E-state index is 8.49. The van der Waals surface area contributed by atoms with Gasteiger partial charge in [-0.2, -0.15) is 0 Å². The molecule has 0 atom stereocenters. The van der Waals surface area contributed by atoms with Gasteiger partial charge in [0.1, 0.15) is 0 Å². The number of rotatable bonds is 5. The minimum absolute atomic E-state index is 0.269. The van der Waals surface area contributed by atoms with Crippen LogP contribution in [0, 0.1) is 0 Å². The van der Waals surface area contributed by atoms with E-state index in [9.17, 15) is 0 Å². The standard InChI is InChI=1S/C8H15BrO/c1-8(4-2-6-9)5-3-7-10/h5,10H,2-4,6-7H2,1H3. The topological polar surface area (TPSA) is 20.2 Å². The zero-order valence-corrected chi connectivity index (χ0v) is 8.02. The number of halogens is 1. The molecule has 0 aliphatic carbocycles. The second kappa shape index (κ2) is 7.29. The molecular weight excluding hydrogens is 192 g/mol. The van der Waals surface area contributed by atoms with E-state index in [1.54, 1.807) is 0 Å². The van der Waals surface area contributed by atoms with Crippen LogP contribution in [0.15, 0.2) is 11.6 Å². The fourth-order valence-corrected chi connectivity index (χ4v) is 1.04. The van der Waals surface area contributed by atoms with Gasteiger partial charge in [-0.1, -0.05) is 27.6 Å². The normalized spacial score (nSPS) is 12.1. The first-order chi connectivity index (χ1) is 4.81. The van der Waals surface area contributed by atoms with Crippen molar-refractivity contribution in [2.45, 2.75) is 26.2 Å². The molecule has 60 valence electrons. The van der Waals surface area contributed by atoms with E-state index in [-0.39, 0.29) is 6.61 Å². The first-order valence-electron chi connectivity index (χ1n) is 3.63. The molecule has 0 rings (SSSR count). The van der Waals surface area contributed by atoms with Gasteiger partial charge in [0, 0.05) is 11.9 Å². The predicted octanol–water partition coefficient (Wildman–Crippen LogP) is 2.49. The van der Waals surface area contributed by atoms with Crippen LogP contribution in [0.2, 0.25) is 0 Å². The molecule has 0 aromatic rings. The molecule has 0 unspecified atom stereocenters. The highest BCUT2D eigenvalue weighted by Gasteiger charge is 1.87. The molecular formula is C8H15BrO. The average Bonchev–Trinajstić information content (AvgIpc) is 1.97. The van der Waals surface area contributed by atoms with Gasteiger partial charge in [-0.05, 0) is 26.2 Å². The van der Waals surface area contributed by atoms with Crippen LogP contribution in [0.4, 0.5) is 0 Å². The summed E-state index contributed by atoms with van der Waals surface area (Å²) in [6.07, 6.45) is 5.23. The van der Waals surface area contributed by atoms with E-state index in [1.807, 2.05) is 0 Å². The second-order valence-corrected chi connectivity index (χ2v) is 3.15. The second-order valence-electron chi connectivity index (χ2n) is 2.36. The van der Waals surface area contributed by atoms with Crippen LogP contribution in [-0.4, -0.2) is 17.0 Å². The first kappa shape index (κ1) is 10.2. The smallest absolute Gasteiger partial charge is 0.0465 e. The minimum Gasteiger partial charge on any atom is -0.396 e. The van der Waals surface area contributed by atoms with Crippen molar-refractivity contribution in [1.82, 2.24) is 0 Å². The third-order valence-corrected chi connectivity index (χ3v) is 1.89. The maximum absolute atomic E-state index is 8.49. The van der Waals surface area contributed by atoms with Crippen molar-refractivity contribution in [1.29, 1.82) is 0 Å². The van der Waals surface area contributed by atoms with E-state index in [1.165, 1.54) is 12.0 Å². The highest BCUT2D eigenvalue weighted by molar-refractivity contribution is 9.09. The van der Waals surface area contributed by atoms with Crippen molar-refractivity contribution in [3.63, 3.8) is 0 Å². The van der Waals surface area contributed by atoms with Gasteiger partial charge in [0.15, 0.2) is 0 Å². The van der Waals surface area contributed by atoms with E-state index in [0.29, 0.717) is 0 Å². The number of alkyl halides is 1. The van der Waals surface area contributed by atoms with Gasteiger partial charge in [0.25, 0.3) is 0 Å². The van der Waals surface area contributed by atoms with Gasteiger partial charge >= 0.3 is 0 Å². The summed E-state index contributed by atoms with van der Waals surface area (Å²) >= 11 is 3.37. The zero-order valence-electron chi connectivity index (χ0n) is 6.44. The summed E-state index contributed by atoms with van der Waals surface area (Å²) in [5, 5.41) is 9.55. The zero-order chi connectivity index (χ0) is 7.82. The van der Waals surface area contributed by atoms with Crippen LogP contribution in [0.3, 0.4) is 0 Å². The lowest BCUT2D eigenvalue weighted by atomic mass is 10.1. The predicted molar refractivity (Wildman–Crippen MR) is 48.5 cm³/mol. The summed E-state index contributed by atoms with van der Waals surface area (Å²) in [5.41, 5.74) is 1.38. The van der Waals surface area contributed by atoms with E-state index in [2.05, 4.69) is 28.9 Å². The molecule has 0 aromatic heterocycles. The Balaban J connectivity index is 3.30. The Hall–Kier alpha value is 0.180. The number of aliphatic hydroxyl groups is 1. The molecule has 0 saturated carbocycles. The largest absolute Gasteiger partial charge is 0.396 e. The molecule has 1 nitrogen and oxygen atoms in total. The Morgan fingerprint density at radius 3 is 2.80 bits per heavy atom. The Morgan fingerprint density at radius 1 is 1.60 bits per heavy atom. The Labute approximate surface area is 71.3 Å². The Kier molecular flexibility index (Phi) is 7.42. The molecule has 0 spiro atoms. The van der Waals surface area contributed by atoms with Gasteiger partial charge in [-0.15, -0.1) is 0 Å². The lowest BCUT2D eigenvalue weighted by molar-refractivity contribution is 0.302. The summed E-state index contributed by atoms with van der Waals surface area (Å²) in [5.74, 6) is 0. The molecule has 0 saturated heterocycles. The molecule has 0 radical (unpaired) electrons. The molecule has 2 heteroatoms. The monoisotopic (exact) mass is 206 g/mol. The fourth-order valence-electron chi connectivity index (χ4n) is 0.759. The highest BCUT2D eigenvalue weighted by atomic mass is 79.9. The van der Waals surface area contributed by atoms with E-state index in [0.717, 1.165) is 18.2 Å². The summed E-state index contributed by atoms with van der Waals surface area (Å²) in [7, 11) is 0. The number of hydrogen-bond donors (Lipinski definition) is 1. The van der Waals surface area contributed by atoms with Crippen molar-refractivity contribution in [2.75, 3.05) is 11.9 Å². The molecule has 0 bridgehead atoms. The van der Waals surface area contributed by atoms with E-state index in [4.69, 9.17) is 5.11 Å². The van der Waals surface area contributed by atoms with Crippen molar-refractivity contribution >= 4 is 15.9 Å². The molecule has 0 aliphatic rings. The van der Waals surface area contributed by atoms with Crippen LogP contribution in [0.5, 0.6) is 0 Å². The first-order valence-corrected chi connectivity index (χ1v) is 4.76. The molecule has 0 amide bonds. The number of allylic oxidation sites excluding steroid dienone is 1. The lowest BCUT2D eigenvalue weighted by Crippen LogP contribution is -1.82. The van der Waals surface area contributed by atoms with Crippen LogP contribution < -0.4 is 0 Å². The molecule has 0 fully saturated rings. The quantitative estimate of drug-likeness (QED) is 0.542. The Morgan fingerprint density at radius 2 is 2.30 bits per heavy atom. The molecule has 0 aromatic carbocycles. The summed E-state index contributed by atoms with van der Waals surface area (Å²) in [4.78, 5) is 0. The summed E-state index contributed by atoms with van der Waals surface area (Å²) < 4.78 is 0. The van der Waals surface area contributed by atoms with E-state index < -0.39 is 0 Å². The summed E-state index contributed by atoms with van der Waals surface area (Å²) in [6.45, 7) is 2.38. The maximum Gasteiger partial charge on any atom is 0.0465 e. The molecule has 0 heterocycles. The van der Waals surface area contributed by atoms with Crippen LogP contribution in [0.1, 0.15) is 26.2 Å². The molecule has 1 N–H and O–H groups in total. The minimum atomic E-state index is 0.269. The van der Waals surface area contributed by atoms with Crippen molar-refractivity contribution < 1.29 is 5.11 Å².